The lowest BCUT2D eigenvalue weighted by Gasteiger charge is -2.21. The van der Waals surface area contributed by atoms with Crippen LogP contribution < -0.4 is 5.73 Å². The fourth-order valence-corrected chi connectivity index (χ4v) is 4.64. The van der Waals surface area contributed by atoms with Gasteiger partial charge in [0.2, 0.25) is 5.95 Å². The summed E-state index contributed by atoms with van der Waals surface area (Å²) >= 11 is 1.59. The van der Waals surface area contributed by atoms with Gasteiger partial charge in [-0.1, -0.05) is 31.0 Å². The molecule has 1 aliphatic heterocycles. The highest BCUT2D eigenvalue weighted by Crippen LogP contribution is 2.33. The summed E-state index contributed by atoms with van der Waals surface area (Å²) in [6.45, 7) is 3.48. The second-order valence-corrected chi connectivity index (χ2v) is 8.24. The molecule has 1 aromatic carbocycles. The summed E-state index contributed by atoms with van der Waals surface area (Å²) in [6.07, 6.45) is 10.2. The van der Waals surface area contributed by atoms with Crippen molar-refractivity contribution < 1.29 is 9.53 Å². The quantitative estimate of drug-likeness (QED) is 0.739. The highest BCUT2D eigenvalue weighted by Gasteiger charge is 2.19. The van der Waals surface area contributed by atoms with Gasteiger partial charge in [0.1, 0.15) is 5.03 Å². The molecule has 7 heteroatoms. The number of aromatic nitrogens is 2. The predicted octanol–water partition coefficient (Wildman–Crippen LogP) is 4.65. The summed E-state index contributed by atoms with van der Waals surface area (Å²) in [5.41, 5.74) is 8.29. The van der Waals surface area contributed by atoms with Crippen molar-refractivity contribution in [3.63, 3.8) is 0 Å². The summed E-state index contributed by atoms with van der Waals surface area (Å²) < 4.78 is 7.48. The molecular formula is C21H26N4O2S. The number of imidazole rings is 1. The third kappa shape index (κ3) is 3.90. The number of thioether (sulfide) groups is 1. The average molecular weight is 399 g/mol. The normalized spacial score (nSPS) is 17.8. The van der Waals surface area contributed by atoms with Crippen molar-refractivity contribution >= 4 is 39.7 Å². The van der Waals surface area contributed by atoms with Crippen molar-refractivity contribution in [3.8, 4) is 0 Å². The van der Waals surface area contributed by atoms with Crippen LogP contribution >= 0.6 is 11.8 Å². The second kappa shape index (κ2) is 8.31. The van der Waals surface area contributed by atoms with E-state index in [-0.39, 0.29) is 5.97 Å². The summed E-state index contributed by atoms with van der Waals surface area (Å²) in [5.74, 6) is 0.626. The molecule has 1 fully saturated rings. The molecule has 2 N–H and O–H groups in total. The first-order chi connectivity index (χ1) is 13.7. The van der Waals surface area contributed by atoms with Crippen molar-refractivity contribution in [3.05, 3.63) is 41.6 Å². The van der Waals surface area contributed by atoms with Crippen molar-refractivity contribution in [2.75, 3.05) is 18.9 Å². The number of anilines is 1. The number of carbonyl (C=O) groups is 1. The largest absolute Gasteiger partial charge is 0.462 e. The van der Waals surface area contributed by atoms with E-state index < -0.39 is 0 Å². The average Bonchev–Trinajstić information content (AvgIpc) is 3.07. The summed E-state index contributed by atoms with van der Waals surface area (Å²) in [5, 5.41) is 3.01. The molecule has 0 unspecified atom stereocenters. The summed E-state index contributed by atoms with van der Waals surface area (Å²) in [4.78, 5) is 19.0. The van der Waals surface area contributed by atoms with Gasteiger partial charge in [0.25, 0.3) is 0 Å². The number of rotatable bonds is 5. The van der Waals surface area contributed by atoms with Crippen LogP contribution in [0.1, 0.15) is 49.4 Å². The van der Waals surface area contributed by atoms with Gasteiger partial charge in [-0.3, -0.25) is 4.57 Å². The molecule has 4 rings (SSSR count). The van der Waals surface area contributed by atoms with Crippen molar-refractivity contribution in [1.29, 1.82) is 0 Å². The highest BCUT2D eigenvalue weighted by molar-refractivity contribution is 8.10. The fourth-order valence-electron chi connectivity index (χ4n) is 3.79. The number of ether oxygens (including phenoxy) is 1. The van der Waals surface area contributed by atoms with E-state index in [4.69, 9.17) is 10.5 Å². The molecule has 0 saturated heterocycles. The minimum Gasteiger partial charge on any atom is -0.462 e. The zero-order valence-corrected chi connectivity index (χ0v) is 17.0. The Kier molecular flexibility index (Phi) is 5.62. The molecule has 1 aromatic heterocycles. The Morgan fingerprint density at radius 2 is 2.14 bits per heavy atom. The minimum absolute atomic E-state index is 0.285. The van der Waals surface area contributed by atoms with Gasteiger partial charge in [-0.2, -0.15) is 0 Å². The molecule has 0 amide bonds. The number of hydrogen-bond acceptors (Lipinski definition) is 6. The second-order valence-electron chi connectivity index (χ2n) is 7.31. The van der Waals surface area contributed by atoms with E-state index in [1.54, 1.807) is 23.9 Å². The maximum Gasteiger partial charge on any atom is 0.338 e. The predicted molar refractivity (Wildman–Crippen MR) is 114 cm³/mol. The van der Waals surface area contributed by atoms with Gasteiger partial charge < -0.3 is 15.4 Å². The number of fused-ring (bicyclic) bond motifs is 1. The van der Waals surface area contributed by atoms with Crippen molar-refractivity contribution in [2.45, 2.75) is 39.0 Å². The number of carbonyl (C=O) groups excluding carboxylic acids is 1. The molecule has 6 nitrogen and oxygen atoms in total. The van der Waals surface area contributed by atoms with Crippen LogP contribution in [-0.4, -0.2) is 33.6 Å². The number of nitrogens with two attached hydrogens (primary N) is 1. The Hall–Kier alpha value is -2.41. The Morgan fingerprint density at radius 3 is 2.93 bits per heavy atom. The Labute approximate surface area is 169 Å². The monoisotopic (exact) mass is 398 g/mol. The number of esters is 1. The number of benzene rings is 1. The first-order valence-corrected chi connectivity index (χ1v) is 10.8. The van der Waals surface area contributed by atoms with E-state index in [1.165, 1.54) is 19.3 Å². The SMILES string of the molecule is CCN1C=CSC(n2c(N)nc3cc(C(=O)OCC4CCCCC4)ccc32)=C1. The van der Waals surface area contributed by atoms with Crippen molar-refractivity contribution in [1.82, 2.24) is 14.5 Å². The molecule has 148 valence electrons. The van der Waals surface area contributed by atoms with E-state index in [0.29, 0.717) is 29.6 Å². The van der Waals surface area contributed by atoms with Crippen LogP contribution in [0, 0.1) is 5.92 Å². The molecule has 2 aliphatic rings. The van der Waals surface area contributed by atoms with Crippen LogP contribution in [-0.2, 0) is 4.74 Å². The zero-order valence-electron chi connectivity index (χ0n) is 16.1. The third-order valence-electron chi connectivity index (χ3n) is 5.39. The lowest BCUT2D eigenvalue weighted by atomic mass is 9.90. The topological polar surface area (TPSA) is 73.4 Å². The summed E-state index contributed by atoms with van der Waals surface area (Å²) in [7, 11) is 0. The smallest absolute Gasteiger partial charge is 0.338 e. The molecule has 1 saturated carbocycles. The van der Waals surface area contributed by atoms with Crippen LogP contribution in [0.25, 0.3) is 16.1 Å². The van der Waals surface area contributed by atoms with E-state index in [1.807, 2.05) is 22.2 Å². The molecular weight excluding hydrogens is 372 g/mol. The van der Waals surface area contributed by atoms with E-state index in [2.05, 4.69) is 23.0 Å². The lowest BCUT2D eigenvalue weighted by Crippen LogP contribution is -2.16. The van der Waals surface area contributed by atoms with Gasteiger partial charge in [0.05, 0.1) is 23.2 Å². The molecule has 0 radical (unpaired) electrons. The van der Waals surface area contributed by atoms with Crippen LogP contribution in [0.3, 0.4) is 0 Å². The molecule has 2 aromatic rings. The molecule has 2 heterocycles. The van der Waals surface area contributed by atoms with Crippen molar-refractivity contribution in [2.24, 2.45) is 5.92 Å². The van der Waals surface area contributed by atoms with Crippen LogP contribution in [0.2, 0.25) is 0 Å². The molecule has 0 bridgehead atoms. The first kappa shape index (κ1) is 18.9. The number of nitrogens with zero attached hydrogens (tertiary/aromatic N) is 3. The molecule has 0 spiro atoms. The van der Waals surface area contributed by atoms with E-state index in [0.717, 1.165) is 29.9 Å². The number of hydrogen-bond donors (Lipinski definition) is 1. The van der Waals surface area contributed by atoms with Gasteiger partial charge in [-0.15, -0.1) is 0 Å². The van der Waals surface area contributed by atoms with Gasteiger partial charge in [0.15, 0.2) is 0 Å². The fraction of sp³-hybridized carbons (Fsp3) is 0.429. The molecule has 0 atom stereocenters. The van der Waals surface area contributed by atoms with E-state index in [9.17, 15) is 4.79 Å². The molecule has 28 heavy (non-hydrogen) atoms. The first-order valence-electron chi connectivity index (χ1n) is 9.92. The highest BCUT2D eigenvalue weighted by atomic mass is 32.2. The van der Waals surface area contributed by atoms with Gasteiger partial charge in [-0.05, 0) is 49.3 Å². The Bertz CT molecular complexity index is 928. The maximum absolute atomic E-state index is 12.5. The van der Waals surface area contributed by atoms with Gasteiger partial charge >= 0.3 is 5.97 Å². The van der Waals surface area contributed by atoms with Crippen LogP contribution in [0.4, 0.5) is 5.95 Å². The summed E-state index contributed by atoms with van der Waals surface area (Å²) in [6, 6.07) is 5.46. The Balaban J connectivity index is 1.53. The molecule has 1 aliphatic carbocycles. The maximum atomic E-state index is 12.5. The van der Waals surface area contributed by atoms with Gasteiger partial charge in [0, 0.05) is 18.9 Å². The Morgan fingerprint density at radius 1 is 1.32 bits per heavy atom. The standard InChI is InChI=1S/C21H26N4O2S/c1-2-24-10-11-28-19(13-24)25-18-9-8-16(12-17(18)23-21(25)22)20(26)27-14-15-6-4-3-5-7-15/h8-13,15H,2-7,14H2,1H3,(H2,22,23). The van der Waals surface area contributed by atoms with Gasteiger partial charge in [-0.25, -0.2) is 9.78 Å². The minimum atomic E-state index is -0.285. The lowest BCUT2D eigenvalue weighted by molar-refractivity contribution is 0.0410. The number of nitrogen functional groups attached to an aromatic ring is 1. The zero-order chi connectivity index (χ0) is 19.5. The van der Waals surface area contributed by atoms with Crippen LogP contribution in [0.15, 0.2) is 36.0 Å². The van der Waals surface area contributed by atoms with E-state index >= 15 is 0 Å². The third-order valence-corrected chi connectivity index (χ3v) is 6.18. The van der Waals surface area contributed by atoms with Crippen LogP contribution in [0.5, 0.6) is 0 Å².